The van der Waals surface area contributed by atoms with Crippen LogP contribution in [0.5, 0.6) is 0 Å². The third-order valence-electron chi connectivity index (χ3n) is 3.66. The SMILES string of the molecule is Cc1ccc(-c2ccccc2)n1-c1ccc(C(F)(F)F)cc1Br. The monoisotopic (exact) mass is 379 g/mol. The van der Waals surface area contributed by atoms with Crippen molar-refractivity contribution in [2.24, 2.45) is 0 Å². The van der Waals surface area contributed by atoms with Gasteiger partial charge in [0.25, 0.3) is 0 Å². The van der Waals surface area contributed by atoms with Crippen molar-refractivity contribution in [1.29, 1.82) is 0 Å². The second-order valence-electron chi connectivity index (χ2n) is 5.23. The molecule has 0 aliphatic carbocycles. The van der Waals surface area contributed by atoms with Crippen molar-refractivity contribution in [3.05, 3.63) is 76.4 Å². The van der Waals surface area contributed by atoms with Gasteiger partial charge in [-0.3, -0.25) is 0 Å². The first-order chi connectivity index (χ1) is 10.9. The van der Waals surface area contributed by atoms with E-state index in [0.717, 1.165) is 29.1 Å². The smallest absolute Gasteiger partial charge is 0.313 e. The van der Waals surface area contributed by atoms with Crippen LogP contribution in [0.1, 0.15) is 11.3 Å². The lowest BCUT2D eigenvalue weighted by Gasteiger charge is -2.16. The van der Waals surface area contributed by atoms with Gasteiger partial charge in [0.2, 0.25) is 0 Å². The number of nitrogens with zero attached hydrogens (tertiary/aromatic N) is 1. The van der Waals surface area contributed by atoms with Crippen molar-refractivity contribution >= 4 is 15.9 Å². The Kier molecular flexibility index (Phi) is 4.06. The zero-order valence-corrected chi connectivity index (χ0v) is 13.8. The minimum atomic E-state index is -4.35. The molecule has 118 valence electrons. The lowest BCUT2D eigenvalue weighted by atomic mass is 10.1. The van der Waals surface area contributed by atoms with Gasteiger partial charge in [-0.1, -0.05) is 30.3 Å². The van der Waals surface area contributed by atoms with Crippen LogP contribution in [0.25, 0.3) is 16.9 Å². The maximum absolute atomic E-state index is 12.8. The minimum absolute atomic E-state index is 0.406. The molecule has 1 heterocycles. The molecule has 0 unspecified atom stereocenters. The van der Waals surface area contributed by atoms with Crippen LogP contribution in [0.3, 0.4) is 0 Å². The quantitative estimate of drug-likeness (QED) is 0.496. The highest BCUT2D eigenvalue weighted by Crippen LogP contribution is 2.35. The zero-order valence-electron chi connectivity index (χ0n) is 12.2. The third-order valence-corrected chi connectivity index (χ3v) is 4.30. The summed E-state index contributed by atoms with van der Waals surface area (Å²) in [4.78, 5) is 0. The Hall–Kier alpha value is -2.01. The molecule has 0 radical (unpaired) electrons. The van der Waals surface area contributed by atoms with E-state index >= 15 is 0 Å². The second-order valence-corrected chi connectivity index (χ2v) is 6.08. The van der Waals surface area contributed by atoms with Gasteiger partial charge < -0.3 is 4.57 Å². The standard InChI is InChI=1S/C18H13BrF3N/c1-12-7-9-16(13-5-3-2-4-6-13)23(12)17-10-8-14(11-15(17)19)18(20,21)22/h2-11H,1H3. The maximum Gasteiger partial charge on any atom is 0.416 e. The van der Waals surface area contributed by atoms with E-state index in [1.54, 1.807) is 0 Å². The molecular formula is C18H13BrF3N. The Labute approximate surface area is 140 Å². The van der Waals surface area contributed by atoms with Gasteiger partial charge in [0.05, 0.1) is 16.9 Å². The molecule has 0 N–H and O–H groups in total. The minimum Gasteiger partial charge on any atom is -0.313 e. The van der Waals surface area contributed by atoms with Crippen LogP contribution in [0.15, 0.2) is 65.1 Å². The van der Waals surface area contributed by atoms with Gasteiger partial charge in [-0.25, -0.2) is 0 Å². The Morgan fingerprint density at radius 2 is 1.61 bits per heavy atom. The van der Waals surface area contributed by atoms with Crippen molar-refractivity contribution in [2.75, 3.05) is 0 Å². The van der Waals surface area contributed by atoms with E-state index in [1.807, 2.05) is 54.0 Å². The number of alkyl halides is 3. The largest absolute Gasteiger partial charge is 0.416 e. The van der Waals surface area contributed by atoms with E-state index in [4.69, 9.17) is 0 Å². The topological polar surface area (TPSA) is 4.93 Å². The molecule has 23 heavy (non-hydrogen) atoms. The summed E-state index contributed by atoms with van der Waals surface area (Å²) in [5.74, 6) is 0. The first-order valence-electron chi connectivity index (χ1n) is 6.99. The van der Waals surface area contributed by atoms with Crippen molar-refractivity contribution < 1.29 is 13.2 Å². The predicted molar refractivity (Wildman–Crippen MR) is 88.6 cm³/mol. The molecule has 0 amide bonds. The number of rotatable bonds is 2. The Morgan fingerprint density at radius 1 is 0.913 bits per heavy atom. The molecular weight excluding hydrogens is 367 g/mol. The zero-order chi connectivity index (χ0) is 16.6. The summed E-state index contributed by atoms with van der Waals surface area (Å²) >= 11 is 3.28. The van der Waals surface area contributed by atoms with E-state index in [2.05, 4.69) is 15.9 Å². The Bertz CT molecular complexity index is 835. The Morgan fingerprint density at radius 3 is 2.22 bits per heavy atom. The van der Waals surface area contributed by atoms with Gasteiger partial charge in [-0.05, 0) is 58.7 Å². The van der Waals surface area contributed by atoms with Crippen molar-refractivity contribution in [1.82, 2.24) is 4.57 Å². The molecule has 0 saturated heterocycles. The molecule has 1 nitrogen and oxygen atoms in total. The first-order valence-corrected chi connectivity index (χ1v) is 7.78. The number of hydrogen-bond acceptors (Lipinski definition) is 0. The van der Waals surface area contributed by atoms with Gasteiger partial charge in [0, 0.05) is 10.2 Å². The summed E-state index contributed by atoms with van der Waals surface area (Å²) < 4.78 is 40.9. The number of hydrogen-bond donors (Lipinski definition) is 0. The second kappa shape index (κ2) is 5.89. The fraction of sp³-hybridized carbons (Fsp3) is 0.111. The number of halogens is 4. The summed E-state index contributed by atoms with van der Waals surface area (Å²) in [6.45, 7) is 1.93. The third kappa shape index (κ3) is 3.06. The van der Waals surface area contributed by atoms with Gasteiger partial charge in [0.1, 0.15) is 0 Å². The molecule has 0 saturated carbocycles. The van der Waals surface area contributed by atoms with E-state index in [9.17, 15) is 13.2 Å². The maximum atomic E-state index is 12.8. The van der Waals surface area contributed by atoms with Crippen LogP contribution in [0.4, 0.5) is 13.2 Å². The summed E-state index contributed by atoms with van der Waals surface area (Å²) in [7, 11) is 0. The van der Waals surface area contributed by atoms with E-state index in [0.29, 0.717) is 10.2 Å². The fourth-order valence-electron chi connectivity index (χ4n) is 2.56. The fourth-order valence-corrected chi connectivity index (χ4v) is 3.11. The highest BCUT2D eigenvalue weighted by atomic mass is 79.9. The average Bonchev–Trinajstić information content (AvgIpc) is 2.89. The molecule has 0 spiro atoms. The van der Waals surface area contributed by atoms with Crippen molar-refractivity contribution in [3.63, 3.8) is 0 Å². The van der Waals surface area contributed by atoms with Crippen LogP contribution in [-0.2, 0) is 6.18 Å². The predicted octanol–water partition coefficient (Wildman–Crippen LogP) is 6.23. The summed E-state index contributed by atoms with van der Waals surface area (Å²) in [6.07, 6.45) is -4.35. The molecule has 0 bridgehead atoms. The molecule has 0 fully saturated rings. The Balaban J connectivity index is 2.15. The molecule has 0 aliphatic heterocycles. The highest BCUT2D eigenvalue weighted by molar-refractivity contribution is 9.10. The van der Waals surface area contributed by atoms with Crippen molar-refractivity contribution in [2.45, 2.75) is 13.1 Å². The van der Waals surface area contributed by atoms with Gasteiger partial charge in [0.15, 0.2) is 0 Å². The highest BCUT2D eigenvalue weighted by Gasteiger charge is 2.31. The van der Waals surface area contributed by atoms with Crippen LogP contribution in [-0.4, -0.2) is 4.57 Å². The summed E-state index contributed by atoms with van der Waals surface area (Å²) in [5.41, 5.74) is 2.90. The lowest BCUT2D eigenvalue weighted by molar-refractivity contribution is -0.137. The number of aryl methyl sites for hydroxylation is 1. The number of benzene rings is 2. The van der Waals surface area contributed by atoms with Crippen molar-refractivity contribution in [3.8, 4) is 16.9 Å². The van der Waals surface area contributed by atoms with E-state index in [-0.39, 0.29) is 0 Å². The first kappa shape index (κ1) is 15.9. The lowest BCUT2D eigenvalue weighted by Crippen LogP contribution is -2.06. The molecule has 2 aromatic carbocycles. The van der Waals surface area contributed by atoms with E-state index in [1.165, 1.54) is 6.07 Å². The molecule has 3 aromatic rings. The van der Waals surface area contributed by atoms with Crippen LogP contribution in [0.2, 0.25) is 0 Å². The van der Waals surface area contributed by atoms with Gasteiger partial charge >= 0.3 is 6.18 Å². The molecule has 0 atom stereocenters. The van der Waals surface area contributed by atoms with Gasteiger partial charge in [-0.2, -0.15) is 13.2 Å². The number of aromatic nitrogens is 1. The summed E-state index contributed by atoms with van der Waals surface area (Å²) in [6, 6.07) is 17.4. The molecule has 5 heteroatoms. The van der Waals surface area contributed by atoms with Crippen LogP contribution < -0.4 is 0 Å². The van der Waals surface area contributed by atoms with E-state index < -0.39 is 11.7 Å². The van der Waals surface area contributed by atoms with Gasteiger partial charge in [-0.15, -0.1) is 0 Å². The summed E-state index contributed by atoms with van der Waals surface area (Å²) in [5, 5.41) is 0. The average molecular weight is 380 g/mol. The van der Waals surface area contributed by atoms with Crippen LogP contribution in [0, 0.1) is 6.92 Å². The molecule has 1 aromatic heterocycles. The molecule has 0 aliphatic rings. The molecule has 3 rings (SSSR count). The van der Waals surface area contributed by atoms with Crippen LogP contribution >= 0.6 is 15.9 Å². The normalized spacial score (nSPS) is 11.7.